The smallest absolute Gasteiger partial charge is 0.165 e. The minimum absolute atomic E-state index is 0.0711. The van der Waals surface area contributed by atoms with E-state index in [2.05, 4.69) is 15.1 Å². The van der Waals surface area contributed by atoms with Crippen LogP contribution in [-0.2, 0) is 0 Å². The van der Waals surface area contributed by atoms with Crippen molar-refractivity contribution in [3.05, 3.63) is 59.8 Å². The molecule has 0 fully saturated rings. The molecule has 3 aromatic rings. The van der Waals surface area contributed by atoms with E-state index in [1.165, 1.54) is 7.11 Å². The van der Waals surface area contributed by atoms with Crippen molar-refractivity contribution < 1.29 is 14.9 Å². The lowest BCUT2D eigenvalue weighted by molar-refractivity contribution is 0.373. The first kappa shape index (κ1) is 18.2. The van der Waals surface area contributed by atoms with E-state index in [1.807, 2.05) is 13.0 Å². The van der Waals surface area contributed by atoms with Crippen LogP contribution in [0, 0.1) is 6.92 Å². The van der Waals surface area contributed by atoms with Gasteiger partial charge in [0.1, 0.15) is 5.75 Å². The van der Waals surface area contributed by atoms with Crippen LogP contribution in [0.4, 0.5) is 5.82 Å². The summed E-state index contributed by atoms with van der Waals surface area (Å²) in [5, 5.41) is 25.7. The van der Waals surface area contributed by atoms with Crippen LogP contribution in [0.15, 0.2) is 53.6 Å². The zero-order chi connectivity index (χ0) is 19.4. The quantitative estimate of drug-likeness (QED) is 0.533. The van der Waals surface area contributed by atoms with Crippen molar-refractivity contribution in [3.8, 4) is 28.6 Å². The number of methoxy groups -OCH3 is 1. The van der Waals surface area contributed by atoms with Crippen molar-refractivity contribution >= 4 is 12.0 Å². The number of benzene rings is 2. The summed E-state index contributed by atoms with van der Waals surface area (Å²) >= 11 is 0. The third-order valence-electron chi connectivity index (χ3n) is 3.90. The Bertz CT molecular complexity index is 989. The molecule has 1 aromatic heterocycles. The van der Waals surface area contributed by atoms with Gasteiger partial charge in [-0.05, 0) is 42.8 Å². The maximum absolute atomic E-state index is 10.1. The first-order chi connectivity index (χ1) is 13.0. The minimum Gasteiger partial charge on any atom is -0.507 e. The number of phenolic OH excluding ortho intramolecular Hbond substituents is 2. The van der Waals surface area contributed by atoms with E-state index >= 15 is 0 Å². The number of hydrogen-bond donors (Lipinski definition) is 2. The zero-order valence-electron chi connectivity index (χ0n) is 15.3. The Morgan fingerprint density at radius 2 is 1.81 bits per heavy atom. The number of hydrogen-bond acceptors (Lipinski definition) is 7. The predicted molar refractivity (Wildman–Crippen MR) is 105 cm³/mol. The molecule has 0 aliphatic heterocycles. The van der Waals surface area contributed by atoms with Crippen LogP contribution >= 0.6 is 0 Å². The predicted octanol–water partition coefficient (Wildman–Crippen LogP) is 3.34. The molecule has 0 spiro atoms. The third kappa shape index (κ3) is 4.14. The molecular formula is C20H20N4O3. The van der Waals surface area contributed by atoms with Crippen LogP contribution in [0.2, 0.25) is 0 Å². The first-order valence-corrected chi connectivity index (χ1v) is 8.26. The summed E-state index contributed by atoms with van der Waals surface area (Å²) in [5.41, 5.74) is 2.08. The maximum atomic E-state index is 10.1. The molecule has 2 N–H and O–H groups in total. The molecule has 0 saturated carbocycles. The van der Waals surface area contributed by atoms with Gasteiger partial charge < -0.3 is 14.9 Å². The van der Waals surface area contributed by atoms with Gasteiger partial charge in [-0.3, -0.25) is 5.01 Å². The molecule has 0 aliphatic rings. The second-order valence-electron chi connectivity index (χ2n) is 5.91. The summed E-state index contributed by atoms with van der Waals surface area (Å²) in [6, 6.07) is 13.7. The standard InChI is InChI=1S/C20H20N4O3/c1-13-10-19(23-20(22-13)15-6-4-5-7-16(15)25)24(2)21-12-14-8-9-17(26)18(11-14)27-3/h4-12,25-26H,1-3H3/b21-12+. The molecule has 0 unspecified atom stereocenters. The molecule has 27 heavy (non-hydrogen) atoms. The Morgan fingerprint density at radius 3 is 2.56 bits per heavy atom. The lowest BCUT2D eigenvalue weighted by Gasteiger charge is -2.14. The molecule has 0 saturated heterocycles. The van der Waals surface area contributed by atoms with Crippen LogP contribution in [0.1, 0.15) is 11.3 Å². The highest BCUT2D eigenvalue weighted by molar-refractivity contribution is 5.81. The van der Waals surface area contributed by atoms with Crippen molar-refractivity contribution in [2.75, 3.05) is 19.2 Å². The van der Waals surface area contributed by atoms with Crippen LogP contribution in [0.5, 0.6) is 17.2 Å². The fraction of sp³-hybridized carbons (Fsp3) is 0.150. The maximum Gasteiger partial charge on any atom is 0.165 e. The number of aryl methyl sites for hydroxylation is 1. The number of anilines is 1. The average molecular weight is 364 g/mol. The summed E-state index contributed by atoms with van der Waals surface area (Å²) in [6.45, 7) is 1.86. The van der Waals surface area contributed by atoms with Gasteiger partial charge in [-0.25, -0.2) is 9.97 Å². The van der Waals surface area contributed by atoms with Gasteiger partial charge in [0.25, 0.3) is 0 Å². The lowest BCUT2D eigenvalue weighted by Crippen LogP contribution is -2.12. The topological polar surface area (TPSA) is 91.1 Å². The molecular weight excluding hydrogens is 344 g/mol. The monoisotopic (exact) mass is 364 g/mol. The fourth-order valence-electron chi connectivity index (χ4n) is 2.49. The van der Waals surface area contributed by atoms with Gasteiger partial charge in [0.05, 0.1) is 18.9 Å². The Morgan fingerprint density at radius 1 is 1.04 bits per heavy atom. The largest absolute Gasteiger partial charge is 0.507 e. The van der Waals surface area contributed by atoms with Crippen LogP contribution in [0.3, 0.4) is 0 Å². The molecule has 138 valence electrons. The number of nitrogens with zero attached hydrogens (tertiary/aromatic N) is 4. The Kier molecular flexibility index (Phi) is 5.21. The van der Waals surface area contributed by atoms with Crippen molar-refractivity contribution in [2.45, 2.75) is 6.92 Å². The molecule has 0 amide bonds. The normalized spacial score (nSPS) is 10.9. The molecule has 0 radical (unpaired) electrons. The number of phenols is 2. The Balaban J connectivity index is 1.89. The van der Waals surface area contributed by atoms with Gasteiger partial charge in [-0.1, -0.05) is 12.1 Å². The summed E-state index contributed by atoms with van der Waals surface area (Å²) in [6.07, 6.45) is 1.64. The van der Waals surface area contributed by atoms with E-state index in [-0.39, 0.29) is 11.5 Å². The number of aromatic hydroxyl groups is 2. The van der Waals surface area contributed by atoms with Crippen LogP contribution < -0.4 is 9.75 Å². The van der Waals surface area contributed by atoms with Gasteiger partial charge in [-0.2, -0.15) is 5.10 Å². The highest BCUT2D eigenvalue weighted by Crippen LogP contribution is 2.28. The number of rotatable bonds is 5. The van der Waals surface area contributed by atoms with Crippen molar-refractivity contribution in [3.63, 3.8) is 0 Å². The molecule has 0 bridgehead atoms. The van der Waals surface area contributed by atoms with E-state index in [0.29, 0.717) is 23.0 Å². The second-order valence-corrected chi connectivity index (χ2v) is 5.91. The van der Waals surface area contributed by atoms with Crippen LogP contribution in [-0.4, -0.2) is 40.6 Å². The van der Waals surface area contributed by atoms with Crippen molar-refractivity contribution in [2.24, 2.45) is 5.10 Å². The van der Waals surface area contributed by atoms with Crippen molar-refractivity contribution in [1.29, 1.82) is 0 Å². The first-order valence-electron chi connectivity index (χ1n) is 8.26. The van der Waals surface area contributed by atoms with E-state index in [4.69, 9.17) is 4.74 Å². The summed E-state index contributed by atoms with van der Waals surface area (Å²) in [5.74, 6) is 1.58. The number of ether oxygens (including phenoxy) is 1. The minimum atomic E-state index is 0.0711. The van der Waals surface area contributed by atoms with Gasteiger partial charge in [-0.15, -0.1) is 0 Å². The van der Waals surface area contributed by atoms with Crippen molar-refractivity contribution in [1.82, 2.24) is 9.97 Å². The highest BCUT2D eigenvalue weighted by Gasteiger charge is 2.11. The van der Waals surface area contributed by atoms with E-state index in [9.17, 15) is 10.2 Å². The summed E-state index contributed by atoms with van der Waals surface area (Å²) in [7, 11) is 3.26. The second kappa shape index (κ2) is 7.74. The molecule has 3 rings (SSSR count). The highest BCUT2D eigenvalue weighted by atomic mass is 16.5. The summed E-state index contributed by atoms with van der Waals surface area (Å²) < 4.78 is 5.10. The van der Waals surface area contributed by atoms with E-state index in [1.54, 1.807) is 60.7 Å². The molecule has 0 aliphatic carbocycles. The SMILES string of the molecule is COc1cc(/C=N/N(C)c2cc(C)nc(-c3ccccc3O)n2)ccc1O. The van der Waals surface area contributed by atoms with Gasteiger partial charge in [0.15, 0.2) is 23.1 Å². The average Bonchev–Trinajstić information content (AvgIpc) is 2.67. The zero-order valence-corrected chi connectivity index (χ0v) is 15.3. The Labute approximate surface area is 157 Å². The summed E-state index contributed by atoms with van der Waals surface area (Å²) in [4.78, 5) is 8.91. The van der Waals surface area contributed by atoms with E-state index in [0.717, 1.165) is 11.3 Å². The van der Waals surface area contributed by atoms with Gasteiger partial charge >= 0.3 is 0 Å². The number of para-hydroxylation sites is 1. The molecule has 0 atom stereocenters. The molecule has 1 heterocycles. The van der Waals surface area contributed by atoms with Gasteiger partial charge in [0, 0.05) is 18.8 Å². The number of hydrazone groups is 1. The lowest BCUT2D eigenvalue weighted by atomic mass is 10.2. The molecule has 2 aromatic carbocycles. The number of aromatic nitrogens is 2. The fourth-order valence-corrected chi connectivity index (χ4v) is 2.49. The third-order valence-corrected chi connectivity index (χ3v) is 3.90. The van der Waals surface area contributed by atoms with Crippen LogP contribution in [0.25, 0.3) is 11.4 Å². The molecule has 7 heteroatoms. The molecule has 7 nitrogen and oxygen atoms in total. The van der Waals surface area contributed by atoms with Gasteiger partial charge in [0.2, 0.25) is 0 Å². The van der Waals surface area contributed by atoms with E-state index < -0.39 is 0 Å². The Hall–Kier alpha value is -3.61.